The maximum atomic E-state index is 12.7. The quantitative estimate of drug-likeness (QED) is 0.539. The van der Waals surface area contributed by atoms with E-state index in [1.165, 1.54) is 17.9 Å². The number of carbonyl (C=O) groups is 3. The molecule has 8 nitrogen and oxygen atoms in total. The third-order valence-corrected chi connectivity index (χ3v) is 5.37. The molecule has 8 heteroatoms. The molecule has 2 aromatic carbocycles. The number of carbonyl (C=O) groups excluding carboxylic acids is 3. The van der Waals surface area contributed by atoms with Crippen molar-refractivity contribution in [3.05, 3.63) is 82.2 Å². The largest absolute Gasteiger partial charge is 0.465 e. The molecule has 0 fully saturated rings. The van der Waals surface area contributed by atoms with Gasteiger partial charge in [-0.25, -0.2) is 4.79 Å². The number of hydrogen-bond donors (Lipinski definition) is 2. The lowest BCUT2D eigenvalue weighted by molar-refractivity contribution is 0.0600. The first-order valence-electron chi connectivity index (χ1n) is 10.9. The Labute approximate surface area is 199 Å². The van der Waals surface area contributed by atoms with Crippen LogP contribution < -0.4 is 10.6 Å². The van der Waals surface area contributed by atoms with E-state index in [4.69, 9.17) is 4.74 Å². The molecule has 2 amide bonds. The topological polar surface area (TPSA) is 102 Å². The third-order valence-electron chi connectivity index (χ3n) is 5.37. The molecular weight excluding hydrogens is 432 g/mol. The molecular formula is C26H30N4O4. The van der Waals surface area contributed by atoms with Crippen molar-refractivity contribution in [2.45, 2.75) is 39.7 Å². The van der Waals surface area contributed by atoms with Gasteiger partial charge in [-0.2, -0.15) is 5.10 Å². The molecule has 0 unspecified atom stereocenters. The molecule has 34 heavy (non-hydrogen) atoms. The first-order chi connectivity index (χ1) is 16.0. The Balaban J connectivity index is 1.78. The van der Waals surface area contributed by atoms with Gasteiger partial charge < -0.3 is 15.4 Å². The molecule has 0 aliphatic carbocycles. The minimum absolute atomic E-state index is 0.00165. The van der Waals surface area contributed by atoms with E-state index in [-0.39, 0.29) is 29.3 Å². The second-order valence-corrected chi connectivity index (χ2v) is 9.17. The molecule has 178 valence electrons. The summed E-state index contributed by atoms with van der Waals surface area (Å²) in [6.07, 6.45) is 0. The van der Waals surface area contributed by atoms with Crippen molar-refractivity contribution in [3.63, 3.8) is 0 Å². The van der Waals surface area contributed by atoms with Gasteiger partial charge in [0.05, 0.1) is 18.4 Å². The van der Waals surface area contributed by atoms with E-state index in [1.807, 2.05) is 12.1 Å². The second-order valence-electron chi connectivity index (χ2n) is 9.17. The number of hydrogen-bond acceptors (Lipinski definition) is 5. The highest BCUT2D eigenvalue weighted by molar-refractivity contribution is 6.04. The summed E-state index contributed by atoms with van der Waals surface area (Å²) < 4.78 is 6.33. The van der Waals surface area contributed by atoms with Crippen LogP contribution >= 0.6 is 0 Å². The van der Waals surface area contributed by atoms with Gasteiger partial charge in [0.1, 0.15) is 5.69 Å². The van der Waals surface area contributed by atoms with E-state index in [9.17, 15) is 14.4 Å². The predicted octanol–water partition coefficient (Wildman–Crippen LogP) is 3.99. The van der Waals surface area contributed by atoms with Crippen molar-refractivity contribution in [2.24, 2.45) is 7.05 Å². The van der Waals surface area contributed by atoms with Crippen molar-refractivity contribution in [1.82, 2.24) is 15.1 Å². The molecule has 0 spiro atoms. The van der Waals surface area contributed by atoms with Crippen LogP contribution in [0.2, 0.25) is 0 Å². The Morgan fingerprint density at radius 1 is 0.971 bits per heavy atom. The number of rotatable bonds is 6. The highest BCUT2D eigenvalue weighted by Gasteiger charge is 2.16. The van der Waals surface area contributed by atoms with Crippen LogP contribution in [0.15, 0.2) is 48.5 Å². The summed E-state index contributed by atoms with van der Waals surface area (Å²) in [5.74, 6) is -1.14. The Hall–Kier alpha value is -3.94. The number of nitrogens with zero attached hydrogens (tertiary/aromatic N) is 2. The normalized spacial score (nSPS) is 11.1. The maximum absolute atomic E-state index is 12.7. The Morgan fingerprint density at radius 3 is 2.21 bits per heavy atom. The van der Waals surface area contributed by atoms with Gasteiger partial charge >= 0.3 is 5.97 Å². The van der Waals surface area contributed by atoms with Crippen molar-refractivity contribution in [3.8, 4) is 0 Å². The minimum Gasteiger partial charge on any atom is -0.465 e. The van der Waals surface area contributed by atoms with Gasteiger partial charge in [0.2, 0.25) is 0 Å². The number of benzene rings is 2. The zero-order valence-corrected chi connectivity index (χ0v) is 20.4. The molecule has 0 aliphatic heterocycles. The number of ether oxygens (including phenoxy) is 1. The Bertz CT molecular complexity index is 1220. The predicted molar refractivity (Wildman–Crippen MR) is 130 cm³/mol. The monoisotopic (exact) mass is 462 g/mol. The van der Waals surface area contributed by atoms with Gasteiger partial charge in [0, 0.05) is 24.8 Å². The zero-order chi connectivity index (χ0) is 25.0. The van der Waals surface area contributed by atoms with E-state index in [2.05, 4.69) is 36.5 Å². The van der Waals surface area contributed by atoms with Crippen molar-refractivity contribution >= 4 is 23.5 Å². The first kappa shape index (κ1) is 24.7. The molecule has 0 saturated heterocycles. The summed E-state index contributed by atoms with van der Waals surface area (Å²) in [5.41, 5.74) is 4.09. The van der Waals surface area contributed by atoms with E-state index in [0.717, 1.165) is 11.3 Å². The number of aromatic nitrogens is 2. The van der Waals surface area contributed by atoms with Crippen molar-refractivity contribution in [1.29, 1.82) is 0 Å². The number of anilines is 1. The fraction of sp³-hybridized carbons (Fsp3) is 0.308. The average molecular weight is 463 g/mol. The van der Waals surface area contributed by atoms with Crippen molar-refractivity contribution < 1.29 is 19.1 Å². The van der Waals surface area contributed by atoms with E-state index < -0.39 is 5.97 Å². The van der Waals surface area contributed by atoms with Gasteiger partial charge in [-0.1, -0.05) is 32.9 Å². The van der Waals surface area contributed by atoms with Crippen LogP contribution in [0.5, 0.6) is 0 Å². The Kier molecular flexibility index (Phi) is 7.20. The highest BCUT2D eigenvalue weighted by Crippen LogP contribution is 2.22. The van der Waals surface area contributed by atoms with E-state index >= 15 is 0 Å². The maximum Gasteiger partial charge on any atom is 0.337 e. The summed E-state index contributed by atoms with van der Waals surface area (Å²) in [6.45, 7) is 8.30. The van der Waals surface area contributed by atoms with Crippen LogP contribution in [0.4, 0.5) is 5.69 Å². The molecule has 1 aromatic heterocycles. The minimum atomic E-state index is -0.544. The van der Waals surface area contributed by atoms with Gasteiger partial charge in [-0.3, -0.25) is 14.3 Å². The lowest BCUT2D eigenvalue weighted by Gasteiger charge is -2.19. The fourth-order valence-corrected chi connectivity index (χ4v) is 3.53. The van der Waals surface area contributed by atoms with Crippen LogP contribution in [0.3, 0.4) is 0 Å². The zero-order valence-electron chi connectivity index (χ0n) is 20.4. The van der Waals surface area contributed by atoms with E-state index in [1.54, 1.807) is 44.3 Å². The smallest absolute Gasteiger partial charge is 0.337 e. The van der Waals surface area contributed by atoms with Crippen LogP contribution in [0, 0.1) is 6.92 Å². The van der Waals surface area contributed by atoms with Gasteiger partial charge in [-0.15, -0.1) is 0 Å². The number of esters is 1. The highest BCUT2D eigenvalue weighted by atomic mass is 16.5. The summed E-state index contributed by atoms with van der Waals surface area (Å²) in [7, 11) is 2.97. The van der Waals surface area contributed by atoms with Gasteiger partial charge in [-0.05, 0) is 59.9 Å². The van der Waals surface area contributed by atoms with Crippen LogP contribution in [0.25, 0.3) is 0 Å². The van der Waals surface area contributed by atoms with Crippen LogP contribution in [-0.4, -0.2) is 34.7 Å². The molecule has 3 rings (SSSR count). The number of aryl methyl sites for hydroxylation is 2. The van der Waals surface area contributed by atoms with Crippen molar-refractivity contribution in [2.75, 3.05) is 12.4 Å². The summed E-state index contributed by atoms with van der Waals surface area (Å²) in [5, 5.41) is 9.84. The lowest BCUT2D eigenvalue weighted by Crippen LogP contribution is -2.23. The van der Waals surface area contributed by atoms with Gasteiger partial charge in [0.25, 0.3) is 11.8 Å². The third kappa shape index (κ3) is 5.89. The standard InChI is InChI=1S/C26H30N4O4/c1-16-11-22(30(5)29-16)24(32)28-21-13-17(12-19(14-21)25(33)34-6)15-27-23(31)18-7-9-20(10-8-18)26(2,3)4/h7-14H,15H2,1-6H3,(H,27,31)(H,28,32). The lowest BCUT2D eigenvalue weighted by atomic mass is 9.87. The first-order valence-corrected chi connectivity index (χ1v) is 10.9. The Morgan fingerprint density at radius 2 is 1.65 bits per heavy atom. The summed E-state index contributed by atoms with van der Waals surface area (Å²) >= 11 is 0. The van der Waals surface area contributed by atoms with E-state index in [0.29, 0.717) is 22.5 Å². The molecule has 0 bridgehead atoms. The summed E-state index contributed by atoms with van der Waals surface area (Å²) in [6, 6.07) is 14.0. The molecule has 0 aliphatic rings. The average Bonchev–Trinajstić information content (AvgIpc) is 3.14. The summed E-state index contributed by atoms with van der Waals surface area (Å²) in [4.78, 5) is 37.5. The number of amides is 2. The molecule has 0 atom stereocenters. The number of methoxy groups -OCH3 is 1. The fourth-order valence-electron chi connectivity index (χ4n) is 3.53. The molecule has 3 aromatic rings. The number of nitrogens with one attached hydrogen (secondary N) is 2. The van der Waals surface area contributed by atoms with Gasteiger partial charge in [0.15, 0.2) is 0 Å². The molecule has 0 saturated carbocycles. The molecule has 1 heterocycles. The van der Waals surface area contributed by atoms with Crippen LogP contribution in [-0.2, 0) is 23.7 Å². The molecule has 0 radical (unpaired) electrons. The second kappa shape index (κ2) is 9.91. The molecule has 2 N–H and O–H groups in total. The SMILES string of the molecule is COC(=O)c1cc(CNC(=O)c2ccc(C(C)(C)C)cc2)cc(NC(=O)c2cc(C)nn2C)c1. The van der Waals surface area contributed by atoms with Crippen LogP contribution in [0.1, 0.15) is 68.8 Å².